The molecule has 1 fully saturated rings. The third-order valence-electron chi connectivity index (χ3n) is 3.29. The summed E-state index contributed by atoms with van der Waals surface area (Å²) < 4.78 is 31.0. The van der Waals surface area contributed by atoms with Gasteiger partial charge in [0.25, 0.3) is 0 Å². The van der Waals surface area contributed by atoms with Gasteiger partial charge in [-0.3, -0.25) is 4.79 Å². The lowest BCUT2D eigenvalue weighted by Crippen LogP contribution is -2.27. The van der Waals surface area contributed by atoms with Crippen molar-refractivity contribution >= 4 is 5.97 Å². The molecule has 1 aromatic carbocycles. The molecule has 1 aliphatic carbocycles. The molecule has 0 bridgehead atoms. The van der Waals surface area contributed by atoms with Crippen LogP contribution in [0.1, 0.15) is 24.8 Å². The van der Waals surface area contributed by atoms with Gasteiger partial charge in [-0.15, -0.1) is 0 Å². The Morgan fingerprint density at radius 2 is 2.16 bits per heavy atom. The predicted molar refractivity (Wildman–Crippen MR) is 66.4 cm³/mol. The average Bonchev–Trinajstić information content (AvgIpc) is 2.29. The van der Waals surface area contributed by atoms with E-state index in [2.05, 4.69) is 5.32 Å². The van der Waals surface area contributed by atoms with Crippen LogP contribution in [-0.4, -0.2) is 19.1 Å². The summed E-state index contributed by atoms with van der Waals surface area (Å²) >= 11 is 0. The van der Waals surface area contributed by atoms with Crippen LogP contribution in [0.4, 0.5) is 8.78 Å². The number of benzene rings is 1. The second-order valence-electron chi connectivity index (χ2n) is 4.71. The second kappa shape index (κ2) is 6.61. The van der Waals surface area contributed by atoms with Crippen molar-refractivity contribution in [1.29, 1.82) is 0 Å². The molecular weight excluding hydrogens is 252 g/mol. The molecule has 0 unspecified atom stereocenters. The van der Waals surface area contributed by atoms with Crippen molar-refractivity contribution in [3.05, 3.63) is 35.4 Å². The van der Waals surface area contributed by atoms with Crippen molar-refractivity contribution < 1.29 is 18.3 Å². The molecule has 2 rings (SSSR count). The Morgan fingerprint density at radius 1 is 1.37 bits per heavy atom. The minimum Gasteiger partial charge on any atom is -0.464 e. The zero-order valence-electron chi connectivity index (χ0n) is 10.6. The number of esters is 1. The van der Waals surface area contributed by atoms with E-state index in [9.17, 15) is 13.6 Å². The van der Waals surface area contributed by atoms with Gasteiger partial charge in [-0.05, 0) is 18.9 Å². The molecule has 104 valence electrons. The molecule has 19 heavy (non-hydrogen) atoms. The number of halogens is 2. The summed E-state index contributed by atoms with van der Waals surface area (Å²) in [6, 6.07) is 3.47. The van der Waals surface area contributed by atoms with Crippen LogP contribution in [0.2, 0.25) is 0 Å². The van der Waals surface area contributed by atoms with Gasteiger partial charge < -0.3 is 10.1 Å². The number of nitrogens with one attached hydrogen (secondary N) is 1. The maximum atomic E-state index is 13.3. The molecule has 1 saturated carbocycles. The Morgan fingerprint density at radius 3 is 2.79 bits per heavy atom. The molecule has 0 aromatic heterocycles. The standard InChI is InChI=1S/C14H17F2NO2/c15-12-5-4-11(13(16)8-12)9-17-6-7-19-14(18)10-2-1-3-10/h4-5,8,10,17H,1-3,6-7,9H2. The fourth-order valence-electron chi connectivity index (χ4n) is 1.87. The van der Waals surface area contributed by atoms with Gasteiger partial charge in [-0.1, -0.05) is 12.5 Å². The summed E-state index contributed by atoms with van der Waals surface area (Å²) in [6.45, 7) is 1.01. The minimum absolute atomic E-state index is 0.0783. The number of rotatable bonds is 6. The van der Waals surface area contributed by atoms with Gasteiger partial charge in [-0.2, -0.15) is 0 Å². The van der Waals surface area contributed by atoms with Crippen LogP contribution in [0, 0.1) is 17.6 Å². The summed E-state index contributed by atoms with van der Waals surface area (Å²) in [5, 5.41) is 2.95. The van der Waals surface area contributed by atoms with Crippen molar-refractivity contribution in [3.8, 4) is 0 Å². The van der Waals surface area contributed by atoms with E-state index in [4.69, 9.17) is 4.74 Å². The van der Waals surface area contributed by atoms with Gasteiger partial charge in [0.15, 0.2) is 0 Å². The summed E-state index contributed by atoms with van der Waals surface area (Å²) in [5.41, 5.74) is 0.395. The topological polar surface area (TPSA) is 38.3 Å². The van der Waals surface area contributed by atoms with Crippen LogP contribution in [-0.2, 0) is 16.1 Å². The lowest BCUT2D eigenvalue weighted by molar-refractivity contribution is -0.151. The molecule has 0 spiro atoms. The minimum atomic E-state index is -0.587. The van der Waals surface area contributed by atoms with E-state index in [1.807, 2.05) is 0 Å². The highest BCUT2D eigenvalue weighted by Crippen LogP contribution is 2.27. The fraction of sp³-hybridized carbons (Fsp3) is 0.500. The third-order valence-corrected chi connectivity index (χ3v) is 3.29. The summed E-state index contributed by atoms with van der Waals surface area (Å²) in [7, 11) is 0. The molecule has 1 aromatic rings. The SMILES string of the molecule is O=C(OCCNCc1ccc(F)cc1F)C1CCC1. The van der Waals surface area contributed by atoms with Gasteiger partial charge in [0, 0.05) is 24.7 Å². The largest absolute Gasteiger partial charge is 0.464 e. The van der Waals surface area contributed by atoms with Crippen molar-refractivity contribution in [1.82, 2.24) is 5.32 Å². The molecule has 0 atom stereocenters. The van der Waals surface area contributed by atoms with E-state index in [1.165, 1.54) is 12.1 Å². The zero-order chi connectivity index (χ0) is 13.7. The highest BCUT2D eigenvalue weighted by Gasteiger charge is 2.26. The van der Waals surface area contributed by atoms with Crippen molar-refractivity contribution in [3.63, 3.8) is 0 Å². The first-order valence-corrected chi connectivity index (χ1v) is 6.48. The normalized spacial score (nSPS) is 15.1. The smallest absolute Gasteiger partial charge is 0.308 e. The molecule has 1 aliphatic rings. The Hall–Kier alpha value is -1.49. The Labute approximate surface area is 111 Å². The van der Waals surface area contributed by atoms with E-state index in [1.54, 1.807) is 0 Å². The lowest BCUT2D eigenvalue weighted by atomic mass is 9.86. The quantitative estimate of drug-likeness (QED) is 0.636. The summed E-state index contributed by atoms with van der Waals surface area (Å²) in [4.78, 5) is 11.4. The number of carbonyl (C=O) groups is 1. The summed E-state index contributed by atoms with van der Waals surface area (Å²) in [5.74, 6) is -1.22. The molecule has 5 heteroatoms. The van der Waals surface area contributed by atoms with Crippen LogP contribution in [0.25, 0.3) is 0 Å². The van der Waals surface area contributed by atoms with Gasteiger partial charge in [0.2, 0.25) is 0 Å². The molecule has 1 N–H and O–H groups in total. The van der Waals surface area contributed by atoms with Gasteiger partial charge in [0.1, 0.15) is 18.2 Å². The van der Waals surface area contributed by atoms with Gasteiger partial charge in [-0.25, -0.2) is 8.78 Å². The number of hydrogen-bond donors (Lipinski definition) is 1. The van der Waals surface area contributed by atoms with E-state index in [0.717, 1.165) is 25.3 Å². The molecule has 0 heterocycles. The van der Waals surface area contributed by atoms with Gasteiger partial charge >= 0.3 is 5.97 Å². The molecule has 3 nitrogen and oxygen atoms in total. The second-order valence-corrected chi connectivity index (χ2v) is 4.71. The highest BCUT2D eigenvalue weighted by molar-refractivity contribution is 5.73. The Balaban J connectivity index is 1.62. The molecule has 0 aliphatic heterocycles. The maximum absolute atomic E-state index is 13.3. The first-order chi connectivity index (χ1) is 9.16. The Bertz CT molecular complexity index is 447. The summed E-state index contributed by atoms with van der Waals surface area (Å²) in [6.07, 6.45) is 2.95. The van der Waals surface area contributed by atoms with Crippen LogP contribution in [0.3, 0.4) is 0 Å². The molecule has 0 amide bonds. The van der Waals surface area contributed by atoms with Crippen LogP contribution in [0.15, 0.2) is 18.2 Å². The van der Waals surface area contributed by atoms with E-state index in [-0.39, 0.29) is 25.0 Å². The van der Waals surface area contributed by atoms with Gasteiger partial charge in [0.05, 0.1) is 5.92 Å². The van der Waals surface area contributed by atoms with Crippen LogP contribution >= 0.6 is 0 Å². The van der Waals surface area contributed by atoms with E-state index >= 15 is 0 Å². The van der Waals surface area contributed by atoms with Crippen molar-refractivity contribution in [2.75, 3.05) is 13.2 Å². The average molecular weight is 269 g/mol. The van der Waals surface area contributed by atoms with Crippen molar-refractivity contribution in [2.24, 2.45) is 5.92 Å². The first-order valence-electron chi connectivity index (χ1n) is 6.48. The van der Waals surface area contributed by atoms with Crippen LogP contribution < -0.4 is 5.32 Å². The number of hydrogen-bond acceptors (Lipinski definition) is 3. The third kappa shape index (κ3) is 3.99. The first kappa shape index (κ1) is 13.9. The van der Waals surface area contributed by atoms with E-state index in [0.29, 0.717) is 12.1 Å². The monoisotopic (exact) mass is 269 g/mol. The van der Waals surface area contributed by atoms with Crippen LogP contribution in [0.5, 0.6) is 0 Å². The molecule has 0 radical (unpaired) electrons. The highest BCUT2D eigenvalue weighted by atomic mass is 19.1. The zero-order valence-corrected chi connectivity index (χ0v) is 10.6. The molecular formula is C14H17F2NO2. The number of carbonyl (C=O) groups excluding carboxylic acids is 1. The lowest BCUT2D eigenvalue weighted by Gasteiger charge is -2.23. The van der Waals surface area contributed by atoms with Crippen molar-refractivity contribution in [2.45, 2.75) is 25.8 Å². The Kier molecular flexibility index (Phi) is 4.85. The molecule has 0 saturated heterocycles. The maximum Gasteiger partial charge on any atom is 0.308 e. The fourth-order valence-corrected chi connectivity index (χ4v) is 1.87. The van der Waals surface area contributed by atoms with E-state index < -0.39 is 11.6 Å². The number of ether oxygens (including phenoxy) is 1. The predicted octanol–water partition coefficient (Wildman–Crippen LogP) is 2.40.